The van der Waals surface area contributed by atoms with Gasteiger partial charge in [0.2, 0.25) is 0 Å². The van der Waals surface area contributed by atoms with Gasteiger partial charge in [0.25, 0.3) is 11.6 Å². The summed E-state index contributed by atoms with van der Waals surface area (Å²) in [7, 11) is -4.67. The van der Waals surface area contributed by atoms with Crippen LogP contribution in [0.5, 0.6) is 0 Å². The van der Waals surface area contributed by atoms with Gasteiger partial charge in [-0.3, -0.25) is 18.1 Å². The Morgan fingerprint density at radius 3 is 1.48 bits per heavy atom. The van der Waals surface area contributed by atoms with Crippen molar-refractivity contribution in [2.24, 2.45) is 0 Å². The van der Waals surface area contributed by atoms with Crippen LogP contribution in [-0.2, 0) is 10.4 Å². The molecule has 2 N–H and O–H groups in total. The molecule has 0 saturated carbocycles. The molecule has 4 aliphatic rings. The van der Waals surface area contributed by atoms with Gasteiger partial charge >= 0.3 is 10.4 Å². The van der Waals surface area contributed by atoms with Crippen LogP contribution in [0, 0.1) is 0 Å². The Balaban J connectivity index is 0.000000324. The second-order valence-corrected chi connectivity index (χ2v) is 8.49. The van der Waals surface area contributed by atoms with Crippen molar-refractivity contribution in [3.63, 3.8) is 0 Å². The number of hydrogen-bond donors (Lipinski definition) is 2. The van der Waals surface area contributed by atoms with Gasteiger partial charge in [-0.15, -0.1) is 0 Å². The summed E-state index contributed by atoms with van der Waals surface area (Å²) in [6.45, 7) is 18.0. The first kappa shape index (κ1) is 18.9. The minimum Gasteiger partial charge on any atom is -0.316 e. The Labute approximate surface area is 151 Å². The molecule has 4 heterocycles. The maximum Gasteiger partial charge on any atom is 0.394 e. The summed E-state index contributed by atoms with van der Waals surface area (Å²) in [5.74, 6) is 3.47. The molecule has 25 heavy (non-hydrogen) atoms. The number of quaternary nitrogens is 2. The van der Waals surface area contributed by atoms with E-state index < -0.39 is 10.4 Å². The second kappa shape index (κ2) is 6.70. The first-order valence-corrected chi connectivity index (χ1v) is 10.8. The highest BCUT2D eigenvalue weighted by molar-refractivity contribution is 7.79. The first-order valence-electron chi connectivity index (χ1n) is 9.42. The normalized spacial score (nSPS) is 34.2. The van der Waals surface area contributed by atoms with Gasteiger partial charge in [-0.25, -0.2) is 0 Å². The summed E-state index contributed by atoms with van der Waals surface area (Å²) in [6.07, 6.45) is 2.77. The molecule has 144 valence electrons. The highest BCUT2D eigenvalue weighted by Crippen LogP contribution is 2.43. The molecule has 4 aliphatic heterocycles. The largest absolute Gasteiger partial charge is 0.394 e. The lowest BCUT2D eigenvalue weighted by atomic mass is 10.0. The number of hydrogen-bond acceptors (Lipinski definition) is 4. The summed E-state index contributed by atoms with van der Waals surface area (Å²) < 4.78 is 34.2. The minimum absolute atomic E-state index is 1.28. The summed E-state index contributed by atoms with van der Waals surface area (Å²) in [4.78, 5) is 5.51. The SMILES string of the molecule is CC[N+]12CCCN3CC[N+]4(CC)CCCN(CC1)C4=C32.O=S(=O)(O)O. The second-order valence-electron chi connectivity index (χ2n) is 7.59. The van der Waals surface area contributed by atoms with Gasteiger partial charge in [-0.2, -0.15) is 8.42 Å². The predicted molar refractivity (Wildman–Crippen MR) is 94.7 cm³/mol. The minimum atomic E-state index is -4.67. The molecule has 0 bridgehead atoms. The van der Waals surface area contributed by atoms with E-state index in [-0.39, 0.29) is 0 Å². The lowest BCUT2D eigenvalue weighted by molar-refractivity contribution is -0.953. The van der Waals surface area contributed by atoms with Crippen LogP contribution in [0.25, 0.3) is 0 Å². The molecule has 0 radical (unpaired) electrons. The van der Waals surface area contributed by atoms with Crippen molar-refractivity contribution in [2.75, 3.05) is 65.4 Å². The van der Waals surface area contributed by atoms with Gasteiger partial charge in [0.15, 0.2) is 0 Å². The van der Waals surface area contributed by atoms with Crippen LogP contribution < -0.4 is 0 Å². The average molecular weight is 377 g/mol. The van der Waals surface area contributed by atoms with Gasteiger partial charge in [-0.1, -0.05) is 0 Å². The summed E-state index contributed by atoms with van der Waals surface area (Å²) in [5, 5.41) is 0. The molecule has 0 aromatic carbocycles. The zero-order chi connectivity index (χ0) is 18.3. The van der Waals surface area contributed by atoms with E-state index in [1.165, 1.54) is 87.3 Å². The zero-order valence-electron chi connectivity index (χ0n) is 15.4. The van der Waals surface area contributed by atoms with Crippen LogP contribution in [0.2, 0.25) is 0 Å². The summed E-state index contributed by atoms with van der Waals surface area (Å²) in [5.41, 5.74) is 0. The highest BCUT2D eigenvalue weighted by Gasteiger charge is 2.56. The van der Waals surface area contributed by atoms with E-state index in [1.54, 1.807) is 11.6 Å². The summed E-state index contributed by atoms with van der Waals surface area (Å²) >= 11 is 0. The Kier molecular flexibility index (Phi) is 5.06. The van der Waals surface area contributed by atoms with Crippen LogP contribution in [0.1, 0.15) is 26.7 Å². The van der Waals surface area contributed by atoms with Gasteiger partial charge in [-0.05, 0) is 13.8 Å². The molecule has 9 heteroatoms. The van der Waals surface area contributed by atoms with E-state index in [9.17, 15) is 0 Å². The van der Waals surface area contributed by atoms with Crippen LogP contribution in [0.4, 0.5) is 0 Å². The fraction of sp³-hybridized carbons (Fsp3) is 0.875. The van der Waals surface area contributed by atoms with Gasteiger partial charge in [0.05, 0.1) is 39.3 Å². The molecule has 2 fully saturated rings. The molecule has 0 amide bonds. The topological polar surface area (TPSA) is 81.1 Å². The van der Waals surface area contributed by atoms with Crippen molar-refractivity contribution in [3.8, 4) is 0 Å². The van der Waals surface area contributed by atoms with Crippen molar-refractivity contribution in [3.05, 3.63) is 11.6 Å². The molecule has 0 aromatic rings. The number of rotatable bonds is 2. The van der Waals surface area contributed by atoms with Crippen molar-refractivity contribution in [1.82, 2.24) is 9.80 Å². The van der Waals surface area contributed by atoms with Crippen molar-refractivity contribution in [2.45, 2.75) is 26.7 Å². The molecular formula is C16H32N4O4S+2. The van der Waals surface area contributed by atoms with Gasteiger partial charge in [0.1, 0.15) is 13.1 Å². The first-order chi connectivity index (χ1) is 11.7. The van der Waals surface area contributed by atoms with Crippen LogP contribution in [0.15, 0.2) is 11.6 Å². The average Bonchev–Trinajstić information content (AvgIpc) is 2.58. The Morgan fingerprint density at radius 2 is 1.16 bits per heavy atom. The molecule has 0 aromatic heterocycles. The van der Waals surface area contributed by atoms with E-state index in [0.717, 1.165) is 0 Å². The molecule has 2 saturated heterocycles. The Hall–Kier alpha value is -0.870. The fourth-order valence-electron chi connectivity index (χ4n) is 5.29. The highest BCUT2D eigenvalue weighted by atomic mass is 32.3. The summed E-state index contributed by atoms with van der Waals surface area (Å²) in [6, 6.07) is 0. The third-order valence-corrected chi connectivity index (χ3v) is 6.53. The van der Waals surface area contributed by atoms with Gasteiger partial charge < -0.3 is 9.80 Å². The van der Waals surface area contributed by atoms with E-state index >= 15 is 0 Å². The fourth-order valence-corrected chi connectivity index (χ4v) is 5.29. The Morgan fingerprint density at radius 1 is 0.800 bits per heavy atom. The van der Waals surface area contributed by atoms with Crippen LogP contribution >= 0.6 is 0 Å². The third kappa shape index (κ3) is 3.40. The standard InChI is InChI=1S/C16H30N4.H2O4S/c1-3-19-11-5-7-17-10-14-20(4-2)12-6-8-18(9-13-19)16(20)15(17)19;1-5(2,3)4/h3-14H2,1-2H3;(H2,1,2,3,4)/q+2;. The zero-order valence-corrected chi connectivity index (χ0v) is 16.2. The molecule has 0 spiro atoms. The van der Waals surface area contributed by atoms with Crippen molar-refractivity contribution in [1.29, 1.82) is 0 Å². The van der Waals surface area contributed by atoms with E-state index in [0.29, 0.717) is 0 Å². The lowest BCUT2D eigenvalue weighted by Crippen LogP contribution is -2.72. The molecule has 2 unspecified atom stereocenters. The maximum absolute atomic E-state index is 8.74. The van der Waals surface area contributed by atoms with Crippen LogP contribution in [0.3, 0.4) is 0 Å². The van der Waals surface area contributed by atoms with Crippen LogP contribution in [-0.4, -0.2) is 102 Å². The number of nitrogens with zero attached hydrogens (tertiary/aromatic N) is 4. The quantitative estimate of drug-likeness (QED) is 0.542. The van der Waals surface area contributed by atoms with Crippen molar-refractivity contribution < 1.29 is 26.5 Å². The maximum atomic E-state index is 8.74. The molecule has 2 atom stereocenters. The predicted octanol–water partition coefficient (Wildman–Crippen LogP) is 0.572. The van der Waals surface area contributed by atoms with Crippen molar-refractivity contribution >= 4 is 10.4 Å². The van der Waals surface area contributed by atoms with E-state index in [4.69, 9.17) is 17.5 Å². The monoisotopic (exact) mass is 376 g/mol. The molecule has 0 aliphatic carbocycles. The smallest absolute Gasteiger partial charge is 0.316 e. The lowest BCUT2D eigenvalue weighted by Gasteiger charge is -2.59. The molecule has 4 rings (SSSR count). The van der Waals surface area contributed by atoms with E-state index in [1.807, 2.05) is 0 Å². The molecule has 8 nitrogen and oxygen atoms in total. The molecular weight excluding hydrogens is 344 g/mol. The van der Waals surface area contributed by atoms with E-state index in [2.05, 4.69) is 23.6 Å². The third-order valence-electron chi connectivity index (χ3n) is 6.53. The van der Waals surface area contributed by atoms with Gasteiger partial charge in [0, 0.05) is 25.9 Å². The Bertz CT molecular complexity index is 605. The number of likely N-dealkylation sites (N-methyl/N-ethyl adjacent to an activating group) is 2.